The van der Waals surface area contributed by atoms with Gasteiger partial charge >= 0.3 is 0 Å². The van der Waals surface area contributed by atoms with Crippen LogP contribution in [0.15, 0.2) is 18.2 Å². The Morgan fingerprint density at radius 3 is 2.75 bits per heavy atom. The molecule has 3 heteroatoms. The number of halogens is 1. The number of aliphatic hydroxyl groups is 1. The van der Waals surface area contributed by atoms with Gasteiger partial charge in [0.05, 0.1) is 6.10 Å². The molecule has 0 saturated carbocycles. The maximum atomic E-state index is 10.3. The van der Waals surface area contributed by atoms with Crippen molar-refractivity contribution < 1.29 is 5.11 Å². The highest BCUT2D eigenvalue weighted by Gasteiger charge is 2.24. The van der Waals surface area contributed by atoms with Crippen LogP contribution >= 0.6 is 12.4 Å². The van der Waals surface area contributed by atoms with Crippen molar-refractivity contribution in [3.63, 3.8) is 0 Å². The summed E-state index contributed by atoms with van der Waals surface area (Å²) in [5.41, 5.74) is 3.55. The van der Waals surface area contributed by atoms with Gasteiger partial charge in [-0.3, -0.25) is 0 Å². The number of benzene rings is 1. The lowest BCUT2D eigenvalue weighted by Crippen LogP contribution is -2.29. The summed E-state index contributed by atoms with van der Waals surface area (Å²) in [7, 11) is 0. The minimum absolute atomic E-state index is 0. The maximum Gasteiger partial charge on any atom is 0.0945 e. The average molecular weight is 242 g/mol. The molecule has 0 radical (unpaired) electrons. The lowest BCUT2D eigenvalue weighted by molar-refractivity contribution is 0.137. The molecule has 2 atom stereocenters. The minimum atomic E-state index is -0.354. The van der Waals surface area contributed by atoms with Gasteiger partial charge in [-0.1, -0.05) is 18.2 Å². The van der Waals surface area contributed by atoms with Gasteiger partial charge in [0.2, 0.25) is 0 Å². The normalized spacial score (nSPS) is 21.6. The first-order valence-corrected chi connectivity index (χ1v) is 5.67. The van der Waals surface area contributed by atoms with E-state index >= 15 is 0 Å². The molecule has 16 heavy (non-hydrogen) atoms. The van der Waals surface area contributed by atoms with Crippen LogP contribution in [-0.2, 0) is 0 Å². The first kappa shape index (κ1) is 13.5. The summed E-state index contributed by atoms with van der Waals surface area (Å²) >= 11 is 0. The Morgan fingerprint density at radius 1 is 1.38 bits per heavy atom. The van der Waals surface area contributed by atoms with Gasteiger partial charge in [-0.05, 0) is 49.9 Å². The molecule has 0 aliphatic carbocycles. The van der Waals surface area contributed by atoms with Gasteiger partial charge in [-0.2, -0.15) is 0 Å². The number of nitrogens with one attached hydrogen (secondary N) is 1. The van der Waals surface area contributed by atoms with Gasteiger partial charge in [-0.15, -0.1) is 12.4 Å². The lowest BCUT2D eigenvalue weighted by Gasteiger charge is -2.21. The largest absolute Gasteiger partial charge is 0.387 e. The van der Waals surface area contributed by atoms with Crippen LogP contribution in [0.25, 0.3) is 0 Å². The van der Waals surface area contributed by atoms with E-state index in [1.165, 1.54) is 17.5 Å². The zero-order valence-corrected chi connectivity index (χ0v) is 10.7. The van der Waals surface area contributed by atoms with Crippen LogP contribution in [0.2, 0.25) is 0 Å². The number of hydrogen-bond donors (Lipinski definition) is 2. The standard InChI is InChI=1S/C13H19NO.ClH/c1-9-5-3-6-11(10(9)2)13(15)12-7-4-8-14-12;/h3,5-6,12-15H,4,7-8H2,1-2H3;1H/t12-,13?;/m0./s1. The second-order valence-electron chi connectivity index (χ2n) is 4.44. The van der Waals surface area contributed by atoms with Crippen LogP contribution < -0.4 is 5.32 Å². The number of rotatable bonds is 2. The van der Waals surface area contributed by atoms with Crippen molar-refractivity contribution in [3.05, 3.63) is 34.9 Å². The molecule has 1 heterocycles. The molecule has 1 aliphatic heterocycles. The average Bonchev–Trinajstić information content (AvgIpc) is 2.74. The molecule has 1 aromatic carbocycles. The Balaban J connectivity index is 0.00000128. The second-order valence-corrected chi connectivity index (χ2v) is 4.44. The fourth-order valence-corrected chi connectivity index (χ4v) is 2.29. The van der Waals surface area contributed by atoms with E-state index in [4.69, 9.17) is 0 Å². The summed E-state index contributed by atoms with van der Waals surface area (Å²) < 4.78 is 0. The van der Waals surface area contributed by atoms with Gasteiger partial charge in [0.1, 0.15) is 0 Å². The van der Waals surface area contributed by atoms with Crippen molar-refractivity contribution in [2.45, 2.75) is 38.8 Å². The highest BCUT2D eigenvalue weighted by atomic mass is 35.5. The molecule has 1 fully saturated rings. The Hall–Kier alpha value is -0.570. The van der Waals surface area contributed by atoms with Gasteiger partial charge in [0, 0.05) is 6.04 Å². The second kappa shape index (κ2) is 5.67. The van der Waals surface area contributed by atoms with Crippen molar-refractivity contribution in [2.24, 2.45) is 0 Å². The summed E-state index contributed by atoms with van der Waals surface area (Å²) in [5, 5.41) is 13.6. The Kier molecular flexibility index (Phi) is 4.78. The molecule has 0 amide bonds. The molecule has 0 aromatic heterocycles. The van der Waals surface area contributed by atoms with E-state index in [1.54, 1.807) is 0 Å². The quantitative estimate of drug-likeness (QED) is 0.834. The number of aryl methyl sites for hydroxylation is 1. The first-order chi connectivity index (χ1) is 7.20. The molecule has 0 spiro atoms. The zero-order valence-electron chi connectivity index (χ0n) is 9.86. The molecular weight excluding hydrogens is 222 g/mol. The summed E-state index contributed by atoms with van der Waals surface area (Å²) in [6.07, 6.45) is 1.90. The third-order valence-corrected chi connectivity index (χ3v) is 3.44. The topological polar surface area (TPSA) is 32.3 Å². The van der Waals surface area contributed by atoms with Gasteiger partial charge < -0.3 is 10.4 Å². The van der Waals surface area contributed by atoms with E-state index < -0.39 is 0 Å². The first-order valence-electron chi connectivity index (χ1n) is 5.67. The van der Waals surface area contributed by atoms with E-state index in [9.17, 15) is 5.11 Å². The predicted molar refractivity (Wildman–Crippen MR) is 69.1 cm³/mol. The molecule has 1 aliphatic rings. The highest BCUT2D eigenvalue weighted by Crippen LogP contribution is 2.26. The SMILES string of the molecule is Cc1cccc(C(O)[C@@H]2CCCN2)c1C.Cl. The van der Waals surface area contributed by atoms with E-state index in [0.29, 0.717) is 0 Å². The monoisotopic (exact) mass is 241 g/mol. The van der Waals surface area contributed by atoms with Crippen molar-refractivity contribution >= 4 is 12.4 Å². The summed E-state index contributed by atoms with van der Waals surface area (Å²) in [4.78, 5) is 0. The molecule has 0 bridgehead atoms. The summed E-state index contributed by atoms with van der Waals surface area (Å²) in [6, 6.07) is 6.39. The van der Waals surface area contributed by atoms with Crippen molar-refractivity contribution in [3.8, 4) is 0 Å². The molecule has 2 nitrogen and oxygen atoms in total. The number of hydrogen-bond acceptors (Lipinski definition) is 2. The Morgan fingerprint density at radius 2 is 2.12 bits per heavy atom. The van der Waals surface area contributed by atoms with Crippen LogP contribution in [0.5, 0.6) is 0 Å². The molecular formula is C13H20ClNO. The van der Waals surface area contributed by atoms with Gasteiger partial charge in [0.25, 0.3) is 0 Å². The molecule has 1 aromatic rings. The van der Waals surface area contributed by atoms with E-state index in [1.807, 2.05) is 12.1 Å². The molecule has 2 rings (SSSR count). The summed E-state index contributed by atoms with van der Waals surface area (Å²) in [6.45, 7) is 5.21. The fourth-order valence-electron chi connectivity index (χ4n) is 2.29. The third-order valence-electron chi connectivity index (χ3n) is 3.44. The third kappa shape index (κ3) is 2.57. The van der Waals surface area contributed by atoms with Crippen LogP contribution in [-0.4, -0.2) is 17.7 Å². The van der Waals surface area contributed by atoms with Crippen molar-refractivity contribution in [1.82, 2.24) is 5.32 Å². The molecule has 1 saturated heterocycles. The maximum absolute atomic E-state index is 10.3. The van der Waals surface area contributed by atoms with Crippen LogP contribution in [0.1, 0.15) is 35.6 Å². The van der Waals surface area contributed by atoms with Crippen LogP contribution in [0, 0.1) is 13.8 Å². The van der Waals surface area contributed by atoms with E-state index in [2.05, 4.69) is 25.2 Å². The lowest BCUT2D eigenvalue weighted by atomic mass is 9.94. The minimum Gasteiger partial charge on any atom is -0.387 e. The van der Waals surface area contributed by atoms with E-state index in [-0.39, 0.29) is 24.6 Å². The van der Waals surface area contributed by atoms with Crippen molar-refractivity contribution in [2.75, 3.05) is 6.54 Å². The molecule has 1 unspecified atom stereocenters. The fraction of sp³-hybridized carbons (Fsp3) is 0.538. The Bertz CT molecular complexity index is 348. The van der Waals surface area contributed by atoms with Gasteiger partial charge in [0.15, 0.2) is 0 Å². The molecule has 2 N–H and O–H groups in total. The predicted octanol–water partition coefficient (Wildman–Crippen LogP) is 2.51. The Labute approximate surface area is 103 Å². The van der Waals surface area contributed by atoms with E-state index in [0.717, 1.165) is 18.5 Å². The summed E-state index contributed by atoms with van der Waals surface area (Å²) in [5.74, 6) is 0. The molecule has 90 valence electrons. The van der Waals surface area contributed by atoms with Crippen LogP contribution in [0.3, 0.4) is 0 Å². The number of aliphatic hydroxyl groups excluding tert-OH is 1. The highest BCUT2D eigenvalue weighted by molar-refractivity contribution is 5.85. The van der Waals surface area contributed by atoms with Gasteiger partial charge in [-0.25, -0.2) is 0 Å². The zero-order chi connectivity index (χ0) is 10.8. The smallest absolute Gasteiger partial charge is 0.0945 e. The van der Waals surface area contributed by atoms with Crippen molar-refractivity contribution in [1.29, 1.82) is 0 Å². The van der Waals surface area contributed by atoms with Crippen LogP contribution in [0.4, 0.5) is 0 Å².